The van der Waals surface area contributed by atoms with Crippen LogP contribution in [-0.4, -0.2) is 11.1 Å². The molecule has 3 nitrogen and oxygen atoms in total. The predicted octanol–water partition coefficient (Wildman–Crippen LogP) is 4.04. The number of benzene rings is 3. The zero-order chi connectivity index (χ0) is 14.7. The second-order valence-corrected chi connectivity index (χ2v) is 4.72. The molecule has 0 aliphatic rings. The van der Waals surface area contributed by atoms with Crippen molar-refractivity contribution in [3.63, 3.8) is 0 Å². The second kappa shape index (κ2) is 5.67. The van der Waals surface area contributed by atoms with Gasteiger partial charge in [-0.2, -0.15) is 0 Å². The quantitative estimate of drug-likeness (QED) is 0.783. The third-order valence-corrected chi connectivity index (χ3v) is 3.32. The number of rotatable bonds is 4. The maximum absolute atomic E-state index is 11.5. The molecule has 0 aromatic heterocycles. The number of hydrogen-bond donors (Lipinski definition) is 1. The van der Waals surface area contributed by atoms with Gasteiger partial charge in [0.25, 0.3) is 0 Å². The smallest absolute Gasteiger partial charge is 0.349 e. The minimum absolute atomic E-state index is 0.573. The fourth-order valence-electron chi connectivity index (χ4n) is 2.31. The predicted molar refractivity (Wildman–Crippen MR) is 81.4 cm³/mol. The van der Waals surface area contributed by atoms with E-state index in [1.807, 2.05) is 42.5 Å². The van der Waals surface area contributed by atoms with Gasteiger partial charge >= 0.3 is 5.97 Å². The monoisotopic (exact) mass is 278 g/mol. The van der Waals surface area contributed by atoms with Gasteiger partial charge in [0.1, 0.15) is 5.75 Å². The highest BCUT2D eigenvalue weighted by molar-refractivity contribution is 5.88. The van der Waals surface area contributed by atoms with Crippen LogP contribution in [0.1, 0.15) is 11.7 Å². The molecule has 1 N–H and O–H groups in total. The Hall–Kier alpha value is -2.81. The molecule has 0 radical (unpaired) electrons. The number of carboxylic acid groups (broad SMARTS) is 1. The van der Waals surface area contributed by atoms with E-state index in [0.29, 0.717) is 11.3 Å². The summed E-state index contributed by atoms with van der Waals surface area (Å²) in [6.07, 6.45) is -1.02. The standard InChI is InChI=1S/C18H14O3/c19-18(20)17(14-8-2-1-3-9-14)21-16-12-6-10-13-7-4-5-11-15(13)16/h1-12,17H,(H,19,20)/t17-/m0/s1. The third kappa shape index (κ3) is 2.72. The van der Waals surface area contributed by atoms with Crippen molar-refractivity contribution in [2.75, 3.05) is 0 Å². The topological polar surface area (TPSA) is 46.5 Å². The molecule has 0 aliphatic heterocycles. The molecule has 3 heteroatoms. The first-order valence-corrected chi connectivity index (χ1v) is 6.68. The van der Waals surface area contributed by atoms with E-state index in [1.54, 1.807) is 30.3 Å². The molecule has 3 aromatic rings. The Balaban J connectivity index is 2.01. The van der Waals surface area contributed by atoms with E-state index < -0.39 is 12.1 Å². The Morgan fingerprint density at radius 1 is 0.857 bits per heavy atom. The molecule has 21 heavy (non-hydrogen) atoms. The lowest BCUT2D eigenvalue weighted by atomic mass is 10.1. The van der Waals surface area contributed by atoms with Crippen molar-refractivity contribution in [3.8, 4) is 5.75 Å². The van der Waals surface area contributed by atoms with Gasteiger partial charge in [-0.05, 0) is 11.5 Å². The van der Waals surface area contributed by atoms with Gasteiger partial charge in [-0.25, -0.2) is 4.79 Å². The summed E-state index contributed by atoms with van der Waals surface area (Å²) in [7, 11) is 0. The van der Waals surface area contributed by atoms with Crippen LogP contribution in [0.4, 0.5) is 0 Å². The molecule has 104 valence electrons. The summed E-state index contributed by atoms with van der Waals surface area (Å²) in [5.74, 6) is -0.432. The van der Waals surface area contributed by atoms with Gasteiger partial charge in [-0.3, -0.25) is 0 Å². The van der Waals surface area contributed by atoms with E-state index in [-0.39, 0.29) is 0 Å². The van der Waals surface area contributed by atoms with Crippen LogP contribution < -0.4 is 4.74 Å². The fourth-order valence-corrected chi connectivity index (χ4v) is 2.31. The fraction of sp³-hybridized carbons (Fsp3) is 0.0556. The van der Waals surface area contributed by atoms with E-state index in [0.717, 1.165) is 10.8 Å². The molecule has 0 saturated heterocycles. The Labute approximate surface area is 122 Å². The van der Waals surface area contributed by atoms with Gasteiger partial charge in [0.05, 0.1) is 0 Å². The molecule has 0 heterocycles. The highest BCUT2D eigenvalue weighted by Gasteiger charge is 2.22. The molecule has 3 aromatic carbocycles. The summed E-state index contributed by atoms with van der Waals surface area (Å²) >= 11 is 0. The molecule has 0 spiro atoms. The number of ether oxygens (including phenoxy) is 1. The largest absolute Gasteiger partial charge is 0.478 e. The van der Waals surface area contributed by atoms with Crippen LogP contribution in [0.2, 0.25) is 0 Å². The summed E-state index contributed by atoms with van der Waals surface area (Å²) in [5.41, 5.74) is 0.623. The van der Waals surface area contributed by atoms with Crippen molar-refractivity contribution < 1.29 is 14.6 Å². The Kier molecular flexibility index (Phi) is 3.56. The van der Waals surface area contributed by atoms with Crippen molar-refractivity contribution in [2.45, 2.75) is 6.10 Å². The number of carbonyl (C=O) groups is 1. The molecule has 0 fully saturated rings. The number of aliphatic carboxylic acids is 1. The Morgan fingerprint density at radius 3 is 2.29 bits per heavy atom. The van der Waals surface area contributed by atoms with E-state index in [2.05, 4.69) is 0 Å². The van der Waals surface area contributed by atoms with Gasteiger partial charge in [0.2, 0.25) is 6.10 Å². The zero-order valence-corrected chi connectivity index (χ0v) is 11.3. The van der Waals surface area contributed by atoms with Crippen molar-refractivity contribution >= 4 is 16.7 Å². The van der Waals surface area contributed by atoms with Crippen LogP contribution in [-0.2, 0) is 4.79 Å². The van der Waals surface area contributed by atoms with Crippen LogP contribution >= 0.6 is 0 Å². The third-order valence-electron chi connectivity index (χ3n) is 3.32. The molecule has 3 rings (SSSR count). The molecule has 1 atom stereocenters. The lowest BCUT2D eigenvalue weighted by Crippen LogP contribution is -2.18. The Bertz CT molecular complexity index is 760. The highest BCUT2D eigenvalue weighted by Crippen LogP contribution is 2.29. The SMILES string of the molecule is O=C(O)[C@@H](Oc1cccc2ccccc12)c1ccccc1. The van der Waals surface area contributed by atoms with Crippen LogP contribution in [0, 0.1) is 0 Å². The van der Waals surface area contributed by atoms with Gasteiger partial charge < -0.3 is 9.84 Å². The average Bonchev–Trinajstić information content (AvgIpc) is 2.53. The van der Waals surface area contributed by atoms with Gasteiger partial charge in [0, 0.05) is 10.9 Å². The van der Waals surface area contributed by atoms with Crippen molar-refractivity contribution in [3.05, 3.63) is 78.4 Å². The van der Waals surface area contributed by atoms with Crippen LogP contribution in [0.5, 0.6) is 5.75 Å². The van der Waals surface area contributed by atoms with E-state index in [9.17, 15) is 9.90 Å². The summed E-state index contributed by atoms with van der Waals surface area (Å²) in [6.45, 7) is 0. The molecule has 0 amide bonds. The van der Waals surface area contributed by atoms with Crippen LogP contribution in [0.15, 0.2) is 72.8 Å². The zero-order valence-electron chi connectivity index (χ0n) is 11.3. The summed E-state index contributed by atoms with van der Waals surface area (Å²) < 4.78 is 5.78. The lowest BCUT2D eigenvalue weighted by molar-refractivity contribution is -0.145. The molecular formula is C18H14O3. The normalized spacial score (nSPS) is 12.0. The maximum Gasteiger partial charge on any atom is 0.349 e. The van der Waals surface area contributed by atoms with Gasteiger partial charge in [-0.15, -0.1) is 0 Å². The number of fused-ring (bicyclic) bond motifs is 1. The van der Waals surface area contributed by atoms with Crippen molar-refractivity contribution in [1.82, 2.24) is 0 Å². The van der Waals surface area contributed by atoms with Gasteiger partial charge in [0.15, 0.2) is 0 Å². The van der Waals surface area contributed by atoms with Crippen molar-refractivity contribution in [2.24, 2.45) is 0 Å². The Morgan fingerprint density at radius 2 is 1.52 bits per heavy atom. The van der Waals surface area contributed by atoms with Crippen LogP contribution in [0.25, 0.3) is 10.8 Å². The summed E-state index contributed by atoms with van der Waals surface area (Å²) in [5, 5.41) is 11.4. The second-order valence-electron chi connectivity index (χ2n) is 4.72. The first-order valence-electron chi connectivity index (χ1n) is 6.68. The number of hydrogen-bond acceptors (Lipinski definition) is 2. The van der Waals surface area contributed by atoms with Crippen molar-refractivity contribution in [1.29, 1.82) is 0 Å². The maximum atomic E-state index is 11.5. The van der Waals surface area contributed by atoms with E-state index >= 15 is 0 Å². The number of carboxylic acids is 1. The molecule has 0 aliphatic carbocycles. The minimum atomic E-state index is -1.02. The summed E-state index contributed by atoms with van der Waals surface area (Å²) in [6, 6.07) is 22.3. The highest BCUT2D eigenvalue weighted by atomic mass is 16.5. The molecular weight excluding hydrogens is 264 g/mol. The van der Waals surface area contributed by atoms with Gasteiger partial charge in [-0.1, -0.05) is 66.7 Å². The first-order chi connectivity index (χ1) is 10.3. The van der Waals surface area contributed by atoms with E-state index in [4.69, 9.17) is 4.74 Å². The average molecular weight is 278 g/mol. The molecule has 0 unspecified atom stereocenters. The summed E-state index contributed by atoms with van der Waals surface area (Å²) in [4.78, 5) is 11.5. The van der Waals surface area contributed by atoms with Crippen LogP contribution in [0.3, 0.4) is 0 Å². The molecule has 0 bridgehead atoms. The van der Waals surface area contributed by atoms with E-state index in [1.165, 1.54) is 0 Å². The lowest BCUT2D eigenvalue weighted by Gasteiger charge is -2.17. The first kappa shape index (κ1) is 13.2. The minimum Gasteiger partial charge on any atom is -0.478 e. The molecule has 0 saturated carbocycles.